The number of carbonyl (C=O) groups is 1. The molecule has 0 aliphatic rings. The first-order valence-corrected chi connectivity index (χ1v) is 4.15. The first kappa shape index (κ1) is 10.5. The van der Waals surface area contributed by atoms with Crippen LogP contribution in [0.1, 0.15) is 10.4 Å². The van der Waals surface area contributed by atoms with Crippen molar-refractivity contribution >= 4 is 34.6 Å². The standard InChI is InChI=1S/C8H10ClN3O2/c1-12-7-4(10)2-3(8(13)14)6(11)5(7)9/h2,12H,10-11H2,1H3,(H,13,14). The molecule has 14 heavy (non-hydrogen) atoms. The number of nitrogens with two attached hydrogens (primary N) is 2. The number of hydrogen-bond acceptors (Lipinski definition) is 4. The molecule has 0 spiro atoms. The Morgan fingerprint density at radius 3 is 2.57 bits per heavy atom. The van der Waals surface area contributed by atoms with Crippen molar-refractivity contribution < 1.29 is 9.90 Å². The maximum absolute atomic E-state index is 10.7. The lowest BCUT2D eigenvalue weighted by Gasteiger charge is -2.11. The SMILES string of the molecule is CNc1c(N)cc(C(=O)O)c(N)c1Cl. The van der Waals surface area contributed by atoms with Crippen LogP contribution < -0.4 is 16.8 Å². The zero-order chi connectivity index (χ0) is 10.9. The fourth-order valence-corrected chi connectivity index (χ4v) is 1.42. The fourth-order valence-electron chi connectivity index (χ4n) is 1.12. The van der Waals surface area contributed by atoms with E-state index in [1.54, 1.807) is 7.05 Å². The van der Waals surface area contributed by atoms with E-state index in [4.69, 9.17) is 28.2 Å². The summed E-state index contributed by atoms with van der Waals surface area (Å²) in [6, 6.07) is 1.27. The van der Waals surface area contributed by atoms with Gasteiger partial charge in [0.15, 0.2) is 0 Å². The molecule has 0 unspecified atom stereocenters. The van der Waals surface area contributed by atoms with Gasteiger partial charge in [-0.15, -0.1) is 0 Å². The Bertz CT molecular complexity index is 393. The number of nitrogens with one attached hydrogen (secondary N) is 1. The average molecular weight is 216 g/mol. The maximum Gasteiger partial charge on any atom is 0.337 e. The Kier molecular flexibility index (Phi) is 2.71. The van der Waals surface area contributed by atoms with Crippen LogP contribution in [0, 0.1) is 0 Å². The summed E-state index contributed by atoms with van der Waals surface area (Å²) in [5.41, 5.74) is 11.7. The summed E-state index contributed by atoms with van der Waals surface area (Å²) < 4.78 is 0. The minimum atomic E-state index is -1.15. The van der Waals surface area contributed by atoms with Gasteiger partial charge in [0.05, 0.1) is 27.6 Å². The Hall–Kier alpha value is -1.62. The second kappa shape index (κ2) is 3.63. The second-order valence-electron chi connectivity index (χ2n) is 2.67. The molecule has 1 aromatic carbocycles. The van der Waals surface area contributed by atoms with Gasteiger partial charge in [0.25, 0.3) is 0 Å². The lowest BCUT2D eigenvalue weighted by molar-refractivity contribution is 0.0698. The lowest BCUT2D eigenvalue weighted by Crippen LogP contribution is -2.07. The van der Waals surface area contributed by atoms with Gasteiger partial charge in [-0.25, -0.2) is 4.79 Å². The topological polar surface area (TPSA) is 101 Å². The van der Waals surface area contributed by atoms with Crippen LogP contribution >= 0.6 is 11.6 Å². The fraction of sp³-hybridized carbons (Fsp3) is 0.125. The Morgan fingerprint density at radius 2 is 2.14 bits per heavy atom. The summed E-state index contributed by atoms with van der Waals surface area (Å²) in [4.78, 5) is 10.7. The molecule has 0 bridgehead atoms. The van der Waals surface area contributed by atoms with E-state index in [0.29, 0.717) is 5.69 Å². The van der Waals surface area contributed by atoms with Crippen LogP contribution in [0.5, 0.6) is 0 Å². The van der Waals surface area contributed by atoms with Crippen molar-refractivity contribution in [1.29, 1.82) is 0 Å². The number of anilines is 3. The van der Waals surface area contributed by atoms with Gasteiger partial charge in [-0.1, -0.05) is 11.6 Å². The third kappa shape index (κ3) is 1.54. The molecule has 76 valence electrons. The molecule has 0 saturated heterocycles. The Labute approximate surface area is 85.6 Å². The number of rotatable bonds is 2. The molecule has 0 atom stereocenters. The third-order valence-electron chi connectivity index (χ3n) is 1.82. The van der Waals surface area contributed by atoms with Crippen molar-refractivity contribution in [2.24, 2.45) is 0 Å². The van der Waals surface area contributed by atoms with E-state index >= 15 is 0 Å². The molecular weight excluding hydrogens is 206 g/mol. The summed E-state index contributed by atoms with van der Waals surface area (Å²) in [6.07, 6.45) is 0. The molecule has 1 rings (SSSR count). The van der Waals surface area contributed by atoms with Gasteiger partial charge in [-0.2, -0.15) is 0 Å². The van der Waals surface area contributed by atoms with E-state index in [1.807, 2.05) is 0 Å². The smallest absolute Gasteiger partial charge is 0.337 e. The number of hydrogen-bond donors (Lipinski definition) is 4. The largest absolute Gasteiger partial charge is 0.478 e. The van der Waals surface area contributed by atoms with Crippen molar-refractivity contribution in [2.75, 3.05) is 23.8 Å². The van der Waals surface area contributed by atoms with Crippen molar-refractivity contribution in [3.63, 3.8) is 0 Å². The van der Waals surface area contributed by atoms with Crippen LogP contribution in [0.15, 0.2) is 6.07 Å². The Balaban J connectivity index is 3.47. The summed E-state index contributed by atoms with van der Waals surface area (Å²) in [5, 5.41) is 11.6. The highest BCUT2D eigenvalue weighted by Gasteiger charge is 2.16. The molecule has 5 nitrogen and oxygen atoms in total. The average Bonchev–Trinajstić information content (AvgIpc) is 2.12. The number of halogens is 1. The van der Waals surface area contributed by atoms with Crippen molar-refractivity contribution in [3.8, 4) is 0 Å². The number of nitrogen functional groups attached to an aromatic ring is 2. The van der Waals surface area contributed by atoms with Gasteiger partial charge in [-0.05, 0) is 6.07 Å². The number of aromatic carboxylic acids is 1. The molecule has 6 N–H and O–H groups in total. The minimum Gasteiger partial charge on any atom is -0.478 e. The van der Waals surface area contributed by atoms with Crippen LogP contribution in [0.3, 0.4) is 0 Å². The molecule has 0 aromatic heterocycles. The minimum absolute atomic E-state index is 0.0118. The molecule has 0 saturated carbocycles. The lowest BCUT2D eigenvalue weighted by atomic mass is 10.1. The zero-order valence-corrected chi connectivity index (χ0v) is 8.22. The molecule has 0 radical (unpaired) electrons. The summed E-state index contributed by atoms with van der Waals surface area (Å²) in [5.74, 6) is -1.15. The summed E-state index contributed by atoms with van der Waals surface area (Å²) in [7, 11) is 1.62. The van der Waals surface area contributed by atoms with Crippen LogP contribution in [-0.2, 0) is 0 Å². The van der Waals surface area contributed by atoms with Gasteiger partial charge >= 0.3 is 5.97 Å². The number of benzene rings is 1. The molecule has 0 amide bonds. The highest BCUT2D eigenvalue weighted by atomic mass is 35.5. The molecule has 1 aromatic rings. The van der Waals surface area contributed by atoms with Crippen LogP contribution in [-0.4, -0.2) is 18.1 Å². The van der Waals surface area contributed by atoms with Crippen LogP contribution in [0.2, 0.25) is 5.02 Å². The highest BCUT2D eigenvalue weighted by Crippen LogP contribution is 2.35. The van der Waals surface area contributed by atoms with Gasteiger partial charge in [0, 0.05) is 7.05 Å². The second-order valence-corrected chi connectivity index (χ2v) is 3.05. The number of carboxylic acids is 1. The zero-order valence-electron chi connectivity index (χ0n) is 7.47. The molecular formula is C8H10ClN3O2. The predicted molar refractivity (Wildman–Crippen MR) is 56.8 cm³/mol. The van der Waals surface area contributed by atoms with Crippen LogP contribution in [0.4, 0.5) is 17.1 Å². The molecule has 0 fully saturated rings. The number of carboxylic acid groups (broad SMARTS) is 1. The Morgan fingerprint density at radius 1 is 1.57 bits per heavy atom. The van der Waals surface area contributed by atoms with Gasteiger partial charge in [0.1, 0.15) is 0 Å². The van der Waals surface area contributed by atoms with E-state index in [2.05, 4.69) is 5.32 Å². The van der Waals surface area contributed by atoms with E-state index in [-0.39, 0.29) is 22.0 Å². The highest BCUT2D eigenvalue weighted by molar-refractivity contribution is 6.37. The molecule has 0 aliphatic carbocycles. The van der Waals surface area contributed by atoms with Gasteiger partial charge < -0.3 is 21.9 Å². The van der Waals surface area contributed by atoms with E-state index in [1.165, 1.54) is 6.07 Å². The van der Waals surface area contributed by atoms with E-state index < -0.39 is 5.97 Å². The monoisotopic (exact) mass is 215 g/mol. The van der Waals surface area contributed by atoms with Crippen molar-refractivity contribution in [1.82, 2.24) is 0 Å². The normalized spacial score (nSPS) is 9.86. The first-order valence-electron chi connectivity index (χ1n) is 3.77. The first-order chi connectivity index (χ1) is 6.49. The third-order valence-corrected chi connectivity index (χ3v) is 2.21. The van der Waals surface area contributed by atoms with Crippen molar-refractivity contribution in [2.45, 2.75) is 0 Å². The molecule has 0 heterocycles. The predicted octanol–water partition coefficient (Wildman–Crippen LogP) is 1.24. The summed E-state index contributed by atoms with van der Waals surface area (Å²) >= 11 is 5.82. The van der Waals surface area contributed by atoms with E-state index in [9.17, 15) is 4.79 Å². The molecule has 6 heteroatoms. The van der Waals surface area contributed by atoms with Gasteiger partial charge in [0.2, 0.25) is 0 Å². The maximum atomic E-state index is 10.7. The molecule has 0 aliphatic heterocycles. The summed E-state index contributed by atoms with van der Waals surface area (Å²) in [6.45, 7) is 0. The van der Waals surface area contributed by atoms with Gasteiger partial charge in [-0.3, -0.25) is 0 Å². The quantitative estimate of drug-likeness (QED) is 0.556. The van der Waals surface area contributed by atoms with Crippen molar-refractivity contribution in [3.05, 3.63) is 16.7 Å². The van der Waals surface area contributed by atoms with Crippen LogP contribution in [0.25, 0.3) is 0 Å². The van der Waals surface area contributed by atoms with E-state index in [0.717, 1.165) is 0 Å².